The molecule has 0 unspecified atom stereocenters. The molecular weight excluding hydrogens is 347 g/mol. The van der Waals surface area contributed by atoms with Crippen LogP contribution >= 0.6 is 0 Å². The quantitative estimate of drug-likeness (QED) is 0.484. The maximum atomic E-state index is 14.1. The predicted octanol–water partition coefficient (Wildman–Crippen LogP) is 4.99. The predicted molar refractivity (Wildman–Crippen MR) is 102 cm³/mol. The van der Waals surface area contributed by atoms with Crippen LogP contribution in [-0.2, 0) is 0 Å². The molecule has 27 heavy (non-hydrogen) atoms. The standard InChI is InChI=1S/C21H17FN2O3/c1-14-11-16(19-5-3-4-6-20(19)22)13-18(12-14)23(2)21(25)15-7-9-17(10-8-15)24(26)27/h3-13H,1-2H3. The van der Waals surface area contributed by atoms with Crippen LogP contribution in [0.4, 0.5) is 15.8 Å². The monoisotopic (exact) mass is 364 g/mol. The number of carbonyl (C=O) groups excluding carboxylic acids is 1. The highest BCUT2D eigenvalue weighted by Crippen LogP contribution is 2.29. The zero-order valence-corrected chi connectivity index (χ0v) is 14.8. The fourth-order valence-corrected chi connectivity index (χ4v) is 2.84. The molecule has 0 aromatic heterocycles. The lowest BCUT2D eigenvalue weighted by atomic mass is 10.0. The molecule has 0 N–H and O–H groups in total. The summed E-state index contributed by atoms with van der Waals surface area (Å²) in [6.07, 6.45) is 0. The number of hydrogen-bond donors (Lipinski definition) is 0. The summed E-state index contributed by atoms with van der Waals surface area (Å²) in [5.74, 6) is -0.645. The van der Waals surface area contributed by atoms with Crippen molar-refractivity contribution >= 4 is 17.3 Å². The Morgan fingerprint density at radius 2 is 1.70 bits per heavy atom. The number of amides is 1. The average molecular weight is 364 g/mol. The molecule has 6 heteroatoms. The zero-order chi connectivity index (χ0) is 19.6. The second kappa shape index (κ2) is 7.37. The number of nitro groups is 1. The van der Waals surface area contributed by atoms with Gasteiger partial charge in [-0.15, -0.1) is 0 Å². The summed E-state index contributed by atoms with van der Waals surface area (Å²) >= 11 is 0. The molecule has 3 aromatic carbocycles. The second-order valence-corrected chi connectivity index (χ2v) is 6.21. The topological polar surface area (TPSA) is 63.5 Å². The minimum absolute atomic E-state index is 0.0772. The van der Waals surface area contributed by atoms with Crippen LogP contribution in [0.1, 0.15) is 15.9 Å². The Morgan fingerprint density at radius 1 is 1.04 bits per heavy atom. The average Bonchev–Trinajstić information content (AvgIpc) is 2.66. The fraction of sp³-hybridized carbons (Fsp3) is 0.0952. The number of rotatable bonds is 4. The first-order valence-corrected chi connectivity index (χ1v) is 8.26. The molecule has 0 saturated heterocycles. The van der Waals surface area contributed by atoms with E-state index in [0.717, 1.165) is 5.56 Å². The molecule has 0 fully saturated rings. The summed E-state index contributed by atoms with van der Waals surface area (Å²) in [6.45, 7) is 1.87. The SMILES string of the molecule is Cc1cc(-c2ccccc2F)cc(N(C)C(=O)c2ccc([N+](=O)[O-])cc2)c1. The maximum Gasteiger partial charge on any atom is 0.269 e. The third kappa shape index (κ3) is 3.84. The lowest BCUT2D eigenvalue weighted by molar-refractivity contribution is -0.384. The van der Waals surface area contributed by atoms with Crippen LogP contribution < -0.4 is 4.90 Å². The van der Waals surface area contributed by atoms with Crippen molar-refractivity contribution in [3.63, 3.8) is 0 Å². The van der Waals surface area contributed by atoms with Crippen LogP contribution in [0, 0.1) is 22.9 Å². The van der Waals surface area contributed by atoms with Crippen molar-refractivity contribution in [2.24, 2.45) is 0 Å². The summed E-state index contributed by atoms with van der Waals surface area (Å²) in [5, 5.41) is 10.8. The number of hydrogen-bond acceptors (Lipinski definition) is 3. The smallest absolute Gasteiger partial charge is 0.269 e. The summed E-state index contributed by atoms with van der Waals surface area (Å²) in [6, 6.07) is 17.3. The van der Waals surface area contributed by atoms with Gasteiger partial charge in [-0.2, -0.15) is 0 Å². The maximum absolute atomic E-state index is 14.1. The van der Waals surface area contributed by atoms with Crippen molar-refractivity contribution in [3.05, 3.63) is 93.8 Å². The van der Waals surface area contributed by atoms with Gasteiger partial charge in [-0.25, -0.2) is 4.39 Å². The lowest BCUT2D eigenvalue weighted by Gasteiger charge is -2.19. The van der Waals surface area contributed by atoms with Crippen LogP contribution in [0.25, 0.3) is 11.1 Å². The third-order valence-electron chi connectivity index (χ3n) is 4.26. The summed E-state index contributed by atoms with van der Waals surface area (Å²) in [7, 11) is 1.61. The molecular formula is C21H17FN2O3. The summed E-state index contributed by atoms with van der Waals surface area (Å²) < 4.78 is 14.1. The van der Waals surface area contributed by atoms with E-state index in [1.165, 1.54) is 35.2 Å². The van der Waals surface area contributed by atoms with Gasteiger partial charge in [-0.3, -0.25) is 14.9 Å². The molecule has 136 valence electrons. The van der Waals surface area contributed by atoms with Crippen molar-refractivity contribution in [2.75, 3.05) is 11.9 Å². The number of carbonyl (C=O) groups is 1. The number of aryl methyl sites for hydroxylation is 1. The van der Waals surface area contributed by atoms with Crippen LogP contribution in [0.5, 0.6) is 0 Å². The number of halogens is 1. The van der Waals surface area contributed by atoms with Gasteiger partial charge in [0.15, 0.2) is 0 Å². The highest BCUT2D eigenvalue weighted by Gasteiger charge is 2.16. The number of benzene rings is 3. The van der Waals surface area contributed by atoms with Gasteiger partial charge in [-0.1, -0.05) is 24.3 Å². The molecule has 0 heterocycles. The molecule has 0 spiro atoms. The fourth-order valence-electron chi connectivity index (χ4n) is 2.84. The third-order valence-corrected chi connectivity index (χ3v) is 4.26. The minimum Gasteiger partial charge on any atom is -0.311 e. The van der Waals surface area contributed by atoms with Gasteiger partial charge < -0.3 is 4.90 Å². The van der Waals surface area contributed by atoms with E-state index in [-0.39, 0.29) is 17.4 Å². The van der Waals surface area contributed by atoms with Gasteiger partial charge in [0.05, 0.1) is 4.92 Å². The van der Waals surface area contributed by atoms with Crippen LogP contribution in [0.2, 0.25) is 0 Å². The molecule has 0 radical (unpaired) electrons. The molecule has 1 amide bonds. The number of nitrogens with zero attached hydrogens (tertiary/aromatic N) is 2. The number of anilines is 1. The highest BCUT2D eigenvalue weighted by atomic mass is 19.1. The van der Waals surface area contributed by atoms with E-state index in [1.54, 1.807) is 31.3 Å². The van der Waals surface area contributed by atoms with Gasteiger partial charge in [0.2, 0.25) is 0 Å². The first-order valence-electron chi connectivity index (χ1n) is 8.26. The Hall–Kier alpha value is -3.54. The van der Waals surface area contributed by atoms with E-state index in [4.69, 9.17) is 0 Å². The molecule has 0 aliphatic carbocycles. The van der Waals surface area contributed by atoms with Crippen LogP contribution in [0.3, 0.4) is 0 Å². The molecule has 3 aromatic rings. The van der Waals surface area contributed by atoms with Crippen molar-refractivity contribution in [2.45, 2.75) is 6.92 Å². The van der Waals surface area contributed by atoms with Gasteiger partial charge in [0.25, 0.3) is 11.6 Å². The first kappa shape index (κ1) is 18.3. The van der Waals surface area contributed by atoms with Crippen molar-refractivity contribution in [3.8, 4) is 11.1 Å². The van der Waals surface area contributed by atoms with Gasteiger partial charge in [0.1, 0.15) is 5.82 Å². The van der Waals surface area contributed by atoms with E-state index in [1.807, 2.05) is 19.1 Å². The molecule has 0 saturated carbocycles. The van der Waals surface area contributed by atoms with Gasteiger partial charge in [0, 0.05) is 36.0 Å². The van der Waals surface area contributed by atoms with Crippen molar-refractivity contribution in [1.29, 1.82) is 0 Å². The Morgan fingerprint density at radius 3 is 2.33 bits per heavy atom. The summed E-state index contributed by atoms with van der Waals surface area (Å²) in [4.78, 5) is 24.4. The van der Waals surface area contributed by atoms with E-state index < -0.39 is 4.92 Å². The Labute approximate surface area is 155 Å². The largest absolute Gasteiger partial charge is 0.311 e. The van der Waals surface area contributed by atoms with Crippen LogP contribution in [-0.4, -0.2) is 17.9 Å². The van der Waals surface area contributed by atoms with Gasteiger partial charge in [-0.05, 0) is 48.4 Å². The molecule has 3 rings (SSSR count). The van der Waals surface area contributed by atoms with E-state index in [0.29, 0.717) is 22.4 Å². The lowest BCUT2D eigenvalue weighted by Crippen LogP contribution is -2.26. The zero-order valence-electron chi connectivity index (χ0n) is 14.8. The Kier molecular flexibility index (Phi) is 4.98. The minimum atomic E-state index is -0.515. The molecule has 0 aliphatic rings. The Bertz CT molecular complexity index is 1020. The molecule has 0 atom stereocenters. The van der Waals surface area contributed by atoms with Gasteiger partial charge >= 0.3 is 0 Å². The second-order valence-electron chi connectivity index (χ2n) is 6.21. The normalized spacial score (nSPS) is 10.5. The van der Waals surface area contributed by atoms with Crippen molar-refractivity contribution in [1.82, 2.24) is 0 Å². The van der Waals surface area contributed by atoms with E-state index in [2.05, 4.69) is 0 Å². The van der Waals surface area contributed by atoms with E-state index >= 15 is 0 Å². The molecule has 5 nitrogen and oxygen atoms in total. The first-order chi connectivity index (χ1) is 12.9. The number of nitro benzene ring substituents is 1. The Balaban J connectivity index is 1.94. The van der Waals surface area contributed by atoms with E-state index in [9.17, 15) is 19.3 Å². The van der Waals surface area contributed by atoms with Crippen LogP contribution in [0.15, 0.2) is 66.7 Å². The number of non-ortho nitro benzene ring substituents is 1. The van der Waals surface area contributed by atoms with Crippen molar-refractivity contribution < 1.29 is 14.1 Å². The molecule has 0 aliphatic heterocycles. The summed E-state index contributed by atoms with van der Waals surface area (Å²) in [5.41, 5.74) is 2.87. The highest BCUT2D eigenvalue weighted by molar-refractivity contribution is 6.06. The molecule has 0 bridgehead atoms.